The summed E-state index contributed by atoms with van der Waals surface area (Å²) in [6, 6.07) is 11.7. The van der Waals surface area contributed by atoms with Crippen molar-refractivity contribution in [2.24, 2.45) is 5.92 Å². The first-order valence-electron chi connectivity index (χ1n) is 19.0. The number of anilines is 1. The number of hydrogen-bond donors (Lipinski definition) is 2. The van der Waals surface area contributed by atoms with Crippen molar-refractivity contribution in [3.8, 4) is 0 Å². The molecule has 3 N–H and O–H groups in total. The number of nitrogen functional groups attached to an aromatic ring is 1. The van der Waals surface area contributed by atoms with Gasteiger partial charge in [-0.15, -0.1) is 0 Å². The number of fused-ring (bicyclic) bond motifs is 5. The highest BCUT2D eigenvalue weighted by atomic mass is 79.9. The molecule has 3 unspecified atom stereocenters. The number of piperidine rings is 2. The van der Waals surface area contributed by atoms with E-state index in [4.69, 9.17) is 5.73 Å². The summed E-state index contributed by atoms with van der Waals surface area (Å²) in [6.45, 7) is 3.26. The van der Waals surface area contributed by atoms with Crippen LogP contribution in [0, 0.1) is 5.92 Å². The van der Waals surface area contributed by atoms with Gasteiger partial charge in [0.1, 0.15) is 0 Å². The minimum Gasteiger partial charge on any atom is -0.397 e. The number of benzene rings is 2. The zero-order chi connectivity index (χ0) is 37.9. The van der Waals surface area contributed by atoms with Gasteiger partial charge >= 0.3 is 11.9 Å². The van der Waals surface area contributed by atoms with E-state index in [1.807, 2.05) is 24.3 Å². The molecule has 0 aliphatic carbocycles. The Balaban J connectivity index is 0.970. The van der Waals surface area contributed by atoms with Crippen LogP contribution in [0.2, 0.25) is 0 Å². The van der Waals surface area contributed by atoms with E-state index < -0.39 is 23.3 Å². The van der Waals surface area contributed by atoms with E-state index in [2.05, 4.69) is 42.7 Å². The lowest BCUT2D eigenvalue weighted by molar-refractivity contribution is -0.143. The number of carbonyl (C=O) groups excluding carboxylic acids is 2. The van der Waals surface area contributed by atoms with Gasteiger partial charge in [0.05, 0.1) is 39.9 Å². The number of likely N-dealkylation sites (tertiary alicyclic amines) is 1. The molecule has 0 spiro atoms. The summed E-state index contributed by atoms with van der Waals surface area (Å²) in [5.41, 5.74) is 6.71. The number of para-hydroxylation sites is 1. The van der Waals surface area contributed by atoms with Gasteiger partial charge < -0.3 is 25.4 Å². The number of nitrogens with two attached hydrogens (primary N) is 1. The van der Waals surface area contributed by atoms with Gasteiger partial charge in [-0.05, 0) is 91.7 Å². The van der Waals surface area contributed by atoms with Crippen LogP contribution in [0.5, 0.6) is 0 Å². The molecule has 4 fully saturated rings. The molecule has 15 heteroatoms. The molecule has 4 aromatic rings. The van der Waals surface area contributed by atoms with E-state index in [-0.39, 0.29) is 46.4 Å². The zero-order valence-electron chi connectivity index (χ0n) is 30.3. The molecule has 0 radical (unpaired) electrons. The zero-order valence-corrected chi connectivity index (χ0v) is 31.9. The number of piperazine rings is 1. The second-order valence-corrected chi connectivity index (χ2v) is 16.5. The summed E-state index contributed by atoms with van der Waals surface area (Å²) in [7, 11) is 2.22. The number of pyridine rings is 1. The molecule has 11 nitrogen and oxygen atoms in total. The molecule has 6 heterocycles. The lowest BCUT2D eigenvalue weighted by Gasteiger charge is -2.45. The molecule has 2 aromatic carbocycles. The highest BCUT2D eigenvalue weighted by molar-refractivity contribution is 9.10. The lowest BCUT2D eigenvalue weighted by atomic mass is 9.91. The minimum atomic E-state index is -4.68. The number of imidazole rings is 1. The maximum absolute atomic E-state index is 14.3. The molecule has 4 aliphatic rings. The predicted molar refractivity (Wildman–Crippen MR) is 204 cm³/mol. The molecular weight excluding hydrogens is 765 g/mol. The van der Waals surface area contributed by atoms with Crippen LogP contribution in [0.15, 0.2) is 51.9 Å². The Morgan fingerprint density at radius 3 is 2.31 bits per heavy atom. The van der Waals surface area contributed by atoms with E-state index in [1.54, 1.807) is 20.6 Å². The van der Waals surface area contributed by atoms with Crippen LogP contribution >= 0.6 is 15.9 Å². The Morgan fingerprint density at radius 1 is 0.944 bits per heavy atom. The first-order chi connectivity index (χ1) is 25.9. The van der Waals surface area contributed by atoms with Gasteiger partial charge in [0.2, 0.25) is 11.8 Å². The van der Waals surface area contributed by atoms with Crippen molar-refractivity contribution in [3.63, 3.8) is 0 Å². The summed E-state index contributed by atoms with van der Waals surface area (Å²) >= 11 is 3.19. The predicted octanol–water partition coefficient (Wildman–Crippen LogP) is 5.42. The molecule has 2 amide bonds. The summed E-state index contributed by atoms with van der Waals surface area (Å²) < 4.78 is 43.7. The Morgan fingerprint density at radius 2 is 1.63 bits per heavy atom. The minimum absolute atomic E-state index is 0.0345. The molecule has 54 heavy (non-hydrogen) atoms. The Labute approximate surface area is 319 Å². The number of aromatic nitrogens is 3. The second kappa shape index (κ2) is 14.6. The maximum atomic E-state index is 14.3. The lowest BCUT2D eigenvalue weighted by Crippen LogP contribution is -2.56. The summed E-state index contributed by atoms with van der Waals surface area (Å²) in [5, 5.41) is 0.861. The average Bonchev–Trinajstić information content (AvgIpc) is 3.58. The number of aromatic amines is 1. The number of carbonyl (C=O) groups is 2. The second-order valence-electron chi connectivity index (χ2n) is 15.6. The van der Waals surface area contributed by atoms with E-state index in [0.717, 1.165) is 48.4 Å². The third-order valence-electron chi connectivity index (χ3n) is 12.6. The normalized spacial score (nSPS) is 23.8. The van der Waals surface area contributed by atoms with Crippen molar-refractivity contribution in [2.45, 2.75) is 81.7 Å². The third kappa shape index (κ3) is 7.03. The number of rotatable bonds is 7. The third-order valence-corrected chi connectivity index (χ3v) is 13.3. The number of nitrogens with zero attached hydrogens (tertiary/aromatic N) is 6. The van der Waals surface area contributed by atoms with E-state index >= 15 is 0 Å². The summed E-state index contributed by atoms with van der Waals surface area (Å²) in [6.07, 6.45) is 2.66. The number of nitrogens with one attached hydrogen (secondary N) is 1. The molecule has 2 aromatic heterocycles. The molecule has 4 saturated heterocycles. The first kappa shape index (κ1) is 37.0. The van der Waals surface area contributed by atoms with E-state index in [1.165, 1.54) is 18.9 Å². The fourth-order valence-corrected chi connectivity index (χ4v) is 10.1. The molecule has 0 saturated carbocycles. The molecular formula is C39H46BrF3N8O3. The van der Waals surface area contributed by atoms with Gasteiger partial charge in [-0.3, -0.25) is 24.0 Å². The SMILES string of the molecule is CN1C2CCC1CC(N1CCN(C(=O)C(CC(=O)N3CCC(n4c(=O)[nH]c5c6ccccc6ncc54)CC3)Cc3cc(Br)c(N)c(C(F)(F)F)c3)CC1)C2. The van der Waals surface area contributed by atoms with Crippen LogP contribution in [0.25, 0.3) is 21.9 Å². The smallest absolute Gasteiger partial charge is 0.397 e. The van der Waals surface area contributed by atoms with Crippen molar-refractivity contribution in [3.05, 3.63) is 68.7 Å². The van der Waals surface area contributed by atoms with Crippen LogP contribution in [0.3, 0.4) is 0 Å². The van der Waals surface area contributed by atoms with Crippen LogP contribution in [0.1, 0.15) is 62.1 Å². The fourth-order valence-electron chi connectivity index (χ4n) is 9.60. The van der Waals surface area contributed by atoms with Crippen molar-refractivity contribution in [1.82, 2.24) is 34.1 Å². The van der Waals surface area contributed by atoms with Crippen molar-refractivity contribution in [1.29, 1.82) is 0 Å². The van der Waals surface area contributed by atoms with Crippen LogP contribution < -0.4 is 11.4 Å². The number of H-pyrrole nitrogens is 1. The Kier molecular flexibility index (Phi) is 10.0. The first-order valence-corrected chi connectivity index (χ1v) is 19.8. The Bertz CT molecular complexity index is 2110. The summed E-state index contributed by atoms with van der Waals surface area (Å²) in [4.78, 5) is 57.5. The maximum Gasteiger partial charge on any atom is 0.418 e. The number of hydrogen-bond acceptors (Lipinski definition) is 7. The fraction of sp³-hybridized carbons (Fsp3) is 0.538. The number of amides is 2. The van der Waals surface area contributed by atoms with Gasteiger partial charge in [-0.25, -0.2) is 4.79 Å². The number of halogens is 4. The van der Waals surface area contributed by atoms with Gasteiger partial charge in [0.25, 0.3) is 0 Å². The van der Waals surface area contributed by atoms with E-state index in [0.29, 0.717) is 62.7 Å². The van der Waals surface area contributed by atoms with Crippen LogP contribution in [-0.2, 0) is 22.2 Å². The van der Waals surface area contributed by atoms with Crippen molar-refractivity contribution in [2.75, 3.05) is 52.0 Å². The van der Waals surface area contributed by atoms with Crippen LogP contribution in [0.4, 0.5) is 18.9 Å². The van der Waals surface area contributed by atoms with Crippen LogP contribution in [-0.4, -0.2) is 110 Å². The van der Waals surface area contributed by atoms with Gasteiger partial charge in [0.15, 0.2) is 0 Å². The molecule has 3 atom stereocenters. The standard InChI is InChI=1S/C39H46BrF3N8O3/c1-47-26-6-7-27(47)21-28(20-26)48-12-14-50(15-13-48)37(53)24(16-23-17-30(39(41,42)43)35(44)31(40)18-23)19-34(52)49-10-8-25(9-11-49)51-33-22-45-32-5-3-2-4-29(32)36(33)46-38(51)54/h2-5,17-18,22,24-28H,6-16,19-21,44H2,1H3,(H,46,54). The van der Waals surface area contributed by atoms with Gasteiger partial charge in [-0.2, -0.15) is 13.2 Å². The van der Waals surface area contributed by atoms with Gasteiger partial charge in [0, 0.05) is 79.7 Å². The van der Waals surface area contributed by atoms with Crippen molar-refractivity contribution >= 4 is 55.4 Å². The highest BCUT2D eigenvalue weighted by Crippen LogP contribution is 2.39. The van der Waals surface area contributed by atoms with Gasteiger partial charge in [-0.1, -0.05) is 18.2 Å². The Hall–Kier alpha value is -3.95. The highest BCUT2D eigenvalue weighted by Gasteiger charge is 2.42. The monoisotopic (exact) mass is 810 g/mol. The van der Waals surface area contributed by atoms with Crippen molar-refractivity contribution < 1.29 is 22.8 Å². The topological polar surface area (TPSA) is 124 Å². The van der Waals surface area contributed by atoms with E-state index in [9.17, 15) is 27.6 Å². The molecule has 4 aliphatic heterocycles. The average molecular weight is 812 g/mol. The molecule has 8 rings (SSSR count). The quantitative estimate of drug-likeness (QED) is 0.239. The summed E-state index contributed by atoms with van der Waals surface area (Å²) in [5.74, 6) is -1.29. The molecule has 2 bridgehead atoms. The number of alkyl halides is 3. The largest absolute Gasteiger partial charge is 0.418 e. The molecule has 288 valence electrons.